The van der Waals surface area contributed by atoms with Gasteiger partial charge in [-0.25, -0.2) is 0 Å². The Hall–Kier alpha value is -5.08. The van der Waals surface area contributed by atoms with Crippen molar-refractivity contribution in [3.63, 3.8) is 0 Å². The van der Waals surface area contributed by atoms with Gasteiger partial charge in [0, 0.05) is 16.5 Å². The van der Waals surface area contributed by atoms with Crippen LogP contribution in [0.3, 0.4) is 0 Å². The Morgan fingerprint density at radius 2 is 1.15 bits per heavy atom. The summed E-state index contributed by atoms with van der Waals surface area (Å²) in [4.78, 5) is 2.30. The van der Waals surface area contributed by atoms with Crippen molar-refractivity contribution in [2.75, 3.05) is 10.6 Å². The normalized spacial score (nSPS) is 11.9. The Balaban J connectivity index is 1.45. The standard InChI is InChI=1S/C39H30N2/c1-3-11-24(2)41(35-22-20-25-12-4-5-13-26(25)39(35)40)34-23-21-33-36-31(34)18-10-19-32(36)37-29-16-8-6-14-27(29)28-15-7-9-17-30(28)38(33)37/h4-10,12-23H,2-3,11,40H2,1H3. The van der Waals surface area contributed by atoms with Gasteiger partial charge in [-0.2, -0.15) is 0 Å². The molecular formula is C39H30N2. The molecule has 0 aromatic heterocycles. The minimum atomic E-state index is 0.781. The highest BCUT2D eigenvalue weighted by atomic mass is 15.2. The van der Waals surface area contributed by atoms with Crippen LogP contribution in [0.5, 0.6) is 0 Å². The number of benzene rings is 7. The molecule has 0 heterocycles. The van der Waals surface area contributed by atoms with Crippen molar-refractivity contribution in [2.24, 2.45) is 0 Å². The van der Waals surface area contributed by atoms with Gasteiger partial charge in [0.05, 0.1) is 17.1 Å². The number of hydrogen-bond acceptors (Lipinski definition) is 2. The molecule has 0 aliphatic heterocycles. The van der Waals surface area contributed by atoms with E-state index in [0.717, 1.165) is 46.4 Å². The first-order chi connectivity index (χ1) is 20.2. The molecular weight excluding hydrogens is 496 g/mol. The lowest BCUT2D eigenvalue weighted by Crippen LogP contribution is -2.17. The van der Waals surface area contributed by atoms with Crippen molar-refractivity contribution in [1.29, 1.82) is 0 Å². The molecule has 0 amide bonds. The topological polar surface area (TPSA) is 29.3 Å². The molecule has 0 spiro atoms. The molecule has 0 fully saturated rings. The highest BCUT2D eigenvalue weighted by Crippen LogP contribution is 2.55. The van der Waals surface area contributed by atoms with Crippen LogP contribution in [-0.2, 0) is 0 Å². The van der Waals surface area contributed by atoms with E-state index in [-0.39, 0.29) is 0 Å². The smallest absolute Gasteiger partial charge is 0.0694 e. The van der Waals surface area contributed by atoms with Gasteiger partial charge in [-0.1, -0.05) is 123 Å². The van der Waals surface area contributed by atoms with Crippen molar-refractivity contribution >= 4 is 60.2 Å². The third-order valence-corrected chi connectivity index (χ3v) is 8.77. The van der Waals surface area contributed by atoms with Crippen LogP contribution in [0.1, 0.15) is 19.8 Å². The largest absolute Gasteiger partial charge is 0.397 e. The first-order valence-electron chi connectivity index (χ1n) is 14.4. The second kappa shape index (κ2) is 8.97. The summed E-state index contributed by atoms with van der Waals surface area (Å²) in [5.74, 6) is 0. The third-order valence-electron chi connectivity index (χ3n) is 8.77. The Kier molecular flexibility index (Phi) is 5.20. The number of allylic oxidation sites excluding steroid dienone is 1. The fourth-order valence-electron chi connectivity index (χ4n) is 7.05. The highest BCUT2D eigenvalue weighted by Gasteiger charge is 2.29. The number of nitrogens with two attached hydrogens (primary N) is 1. The van der Waals surface area contributed by atoms with Crippen LogP contribution in [0, 0.1) is 0 Å². The van der Waals surface area contributed by atoms with Gasteiger partial charge in [-0.3, -0.25) is 0 Å². The Labute approximate surface area is 240 Å². The summed E-state index contributed by atoms with van der Waals surface area (Å²) in [7, 11) is 0. The van der Waals surface area contributed by atoms with E-state index >= 15 is 0 Å². The maximum absolute atomic E-state index is 6.92. The number of rotatable bonds is 5. The zero-order valence-electron chi connectivity index (χ0n) is 23.1. The molecule has 2 nitrogen and oxygen atoms in total. The van der Waals surface area contributed by atoms with Crippen molar-refractivity contribution in [3.8, 4) is 22.3 Å². The second-order valence-corrected chi connectivity index (χ2v) is 11.1. The van der Waals surface area contributed by atoms with Gasteiger partial charge >= 0.3 is 0 Å². The summed E-state index contributed by atoms with van der Waals surface area (Å²) in [6.45, 7) is 6.78. The number of nitrogen functional groups attached to an aromatic ring is 1. The number of hydrogen-bond donors (Lipinski definition) is 1. The van der Waals surface area contributed by atoms with Gasteiger partial charge in [-0.15, -0.1) is 0 Å². The van der Waals surface area contributed by atoms with E-state index in [0.29, 0.717) is 0 Å². The molecule has 0 unspecified atom stereocenters. The molecule has 0 radical (unpaired) electrons. The number of anilines is 3. The van der Waals surface area contributed by atoms with Gasteiger partial charge in [0.15, 0.2) is 0 Å². The Bertz CT molecular complexity index is 2140. The third kappa shape index (κ3) is 3.31. The molecule has 1 aliphatic rings. The van der Waals surface area contributed by atoms with E-state index in [1.165, 1.54) is 54.6 Å². The molecule has 1 aliphatic carbocycles. The molecule has 41 heavy (non-hydrogen) atoms. The zero-order chi connectivity index (χ0) is 27.7. The van der Waals surface area contributed by atoms with Gasteiger partial charge in [0.25, 0.3) is 0 Å². The monoisotopic (exact) mass is 526 g/mol. The zero-order valence-corrected chi connectivity index (χ0v) is 23.1. The lowest BCUT2D eigenvalue weighted by Gasteiger charge is -2.30. The predicted molar refractivity (Wildman–Crippen MR) is 178 cm³/mol. The summed E-state index contributed by atoms with van der Waals surface area (Å²) >= 11 is 0. The minimum Gasteiger partial charge on any atom is -0.397 e. The molecule has 0 saturated carbocycles. The van der Waals surface area contributed by atoms with E-state index in [9.17, 15) is 0 Å². The van der Waals surface area contributed by atoms with Crippen molar-refractivity contribution in [3.05, 3.63) is 128 Å². The van der Waals surface area contributed by atoms with Crippen LogP contribution in [0.15, 0.2) is 128 Å². The van der Waals surface area contributed by atoms with Crippen LogP contribution < -0.4 is 10.6 Å². The van der Waals surface area contributed by atoms with E-state index in [4.69, 9.17) is 5.73 Å². The van der Waals surface area contributed by atoms with E-state index in [2.05, 4.69) is 134 Å². The summed E-state index contributed by atoms with van der Waals surface area (Å²) in [5.41, 5.74) is 16.1. The molecule has 7 aromatic rings. The van der Waals surface area contributed by atoms with Gasteiger partial charge in [0.1, 0.15) is 0 Å². The van der Waals surface area contributed by atoms with Crippen molar-refractivity contribution in [2.45, 2.75) is 19.8 Å². The average Bonchev–Trinajstić information content (AvgIpc) is 3.36. The first kappa shape index (κ1) is 23.8. The van der Waals surface area contributed by atoms with Crippen LogP contribution in [-0.4, -0.2) is 0 Å². The van der Waals surface area contributed by atoms with Crippen LogP contribution >= 0.6 is 0 Å². The molecule has 2 N–H and O–H groups in total. The highest BCUT2D eigenvalue weighted by molar-refractivity contribution is 6.31. The molecule has 0 atom stereocenters. The first-order valence-corrected chi connectivity index (χ1v) is 14.4. The molecule has 7 aromatic carbocycles. The SMILES string of the molecule is C=C(CCC)N(c1ccc2ccccc2c1N)c1ccc2c3c(cccc13)-c1c-2c2ccccc2c2ccccc12. The summed E-state index contributed by atoms with van der Waals surface area (Å²) in [5, 5.41) is 9.93. The molecule has 0 bridgehead atoms. The van der Waals surface area contributed by atoms with E-state index in [1.807, 2.05) is 0 Å². The van der Waals surface area contributed by atoms with Gasteiger partial charge in [-0.05, 0) is 73.1 Å². The van der Waals surface area contributed by atoms with E-state index < -0.39 is 0 Å². The summed E-state index contributed by atoms with van der Waals surface area (Å²) < 4.78 is 0. The van der Waals surface area contributed by atoms with Crippen LogP contribution in [0.4, 0.5) is 17.1 Å². The summed E-state index contributed by atoms with van der Waals surface area (Å²) in [6.07, 6.45) is 1.89. The second-order valence-electron chi connectivity index (χ2n) is 11.1. The molecule has 2 heteroatoms. The number of fused-ring (bicyclic) bond motifs is 9. The van der Waals surface area contributed by atoms with E-state index in [1.54, 1.807) is 0 Å². The minimum absolute atomic E-state index is 0.781. The maximum atomic E-state index is 6.92. The Morgan fingerprint density at radius 3 is 1.83 bits per heavy atom. The predicted octanol–water partition coefficient (Wildman–Crippen LogP) is 11.0. The lowest BCUT2D eigenvalue weighted by molar-refractivity contribution is 0.882. The fourth-order valence-corrected chi connectivity index (χ4v) is 7.05. The quantitative estimate of drug-likeness (QED) is 0.178. The molecule has 196 valence electrons. The van der Waals surface area contributed by atoms with Crippen molar-refractivity contribution in [1.82, 2.24) is 0 Å². The maximum Gasteiger partial charge on any atom is 0.0694 e. The number of nitrogens with zero attached hydrogens (tertiary/aromatic N) is 1. The van der Waals surface area contributed by atoms with Crippen molar-refractivity contribution < 1.29 is 0 Å². The van der Waals surface area contributed by atoms with Gasteiger partial charge in [0.2, 0.25) is 0 Å². The average molecular weight is 527 g/mol. The summed E-state index contributed by atoms with van der Waals surface area (Å²) in [6, 6.07) is 41.7. The molecule has 0 saturated heterocycles. The molecule has 8 rings (SSSR count). The lowest BCUT2D eigenvalue weighted by atomic mass is 9.90. The van der Waals surface area contributed by atoms with Crippen LogP contribution in [0.2, 0.25) is 0 Å². The fraction of sp³-hybridized carbons (Fsp3) is 0.0769. The Morgan fingerprint density at radius 1 is 0.585 bits per heavy atom. The van der Waals surface area contributed by atoms with Gasteiger partial charge < -0.3 is 10.6 Å². The van der Waals surface area contributed by atoms with Crippen LogP contribution in [0.25, 0.3) is 65.3 Å².